The highest BCUT2D eigenvalue weighted by Gasteiger charge is 2.21. The van der Waals surface area contributed by atoms with E-state index < -0.39 is 0 Å². The Labute approximate surface area is 150 Å². The summed E-state index contributed by atoms with van der Waals surface area (Å²) in [7, 11) is 0. The van der Waals surface area contributed by atoms with Gasteiger partial charge in [-0.1, -0.05) is 18.2 Å². The number of amides is 2. The first-order chi connectivity index (χ1) is 12.8. The number of aromatic amines is 1. The van der Waals surface area contributed by atoms with Crippen molar-refractivity contribution in [1.29, 1.82) is 0 Å². The Balaban J connectivity index is 1.35. The number of anilines is 1. The lowest BCUT2D eigenvalue weighted by atomic mass is 9.94. The molecule has 2 heterocycles. The maximum absolute atomic E-state index is 12.3. The van der Waals surface area contributed by atoms with E-state index in [9.17, 15) is 4.79 Å². The Hall–Kier alpha value is -3.35. The molecule has 7 heteroatoms. The van der Waals surface area contributed by atoms with Crippen LogP contribution in [-0.4, -0.2) is 27.3 Å². The number of aryl methyl sites for hydroxylation is 1. The van der Waals surface area contributed by atoms with Crippen LogP contribution in [0.15, 0.2) is 54.9 Å². The van der Waals surface area contributed by atoms with Gasteiger partial charge >= 0.3 is 6.03 Å². The maximum atomic E-state index is 12.3. The molecule has 0 saturated carbocycles. The fourth-order valence-corrected chi connectivity index (χ4v) is 3.04. The first-order valence-electron chi connectivity index (χ1n) is 8.54. The molecule has 4 rings (SSSR count). The first-order valence-corrected chi connectivity index (χ1v) is 8.54. The van der Waals surface area contributed by atoms with Crippen LogP contribution < -0.4 is 15.4 Å². The number of benzene rings is 1. The van der Waals surface area contributed by atoms with Crippen LogP contribution in [0, 0.1) is 0 Å². The van der Waals surface area contributed by atoms with Crippen molar-refractivity contribution in [1.82, 2.24) is 20.5 Å². The molecule has 1 atom stereocenters. The lowest BCUT2D eigenvalue weighted by Gasteiger charge is -2.23. The molecule has 2 aromatic heterocycles. The fraction of sp³-hybridized carbons (Fsp3) is 0.211. The molecular formula is C19H19N5O2. The molecule has 7 nitrogen and oxygen atoms in total. The van der Waals surface area contributed by atoms with E-state index in [-0.39, 0.29) is 12.1 Å². The molecule has 26 heavy (non-hydrogen) atoms. The third-order valence-electron chi connectivity index (χ3n) is 4.31. The Morgan fingerprint density at radius 2 is 2.12 bits per heavy atom. The van der Waals surface area contributed by atoms with E-state index in [1.54, 1.807) is 18.3 Å². The smallest absolute Gasteiger partial charge is 0.319 e. The third-order valence-corrected chi connectivity index (χ3v) is 4.31. The van der Waals surface area contributed by atoms with Crippen molar-refractivity contribution in [2.45, 2.75) is 25.3 Å². The average Bonchev–Trinajstić information content (AvgIpc) is 3.10. The SMILES string of the molecule is O=C(Nc1ccnc(Oc2ccccc2)c1)N[C@@H]1CCc2[nH]ncc2C1. The van der Waals surface area contributed by atoms with Crippen LogP contribution in [0.2, 0.25) is 0 Å². The molecule has 0 radical (unpaired) electrons. The molecule has 0 spiro atoms. The van der Waals surface area contributed by atoms with Gasteiger partial charge in [-0.15, -0.1) is 0 Å². The summed E-state index contributed by atoms with van der Waals surface area (Å²) in [6.45, 7) is 0. The number of carbonyl (C=O) groups excluding carboxylic acids is 1. The van der Waals surface area contributed by atoms with Gasteiger partial charge in [0.15, 0.2) is 0 Å². The summed E-state index contributed by atoms with van der Waals surface area (Å²) < 4.78 is 5.69. The van der Waals surface area contributed by atoms with Gasteiger partial charge in [0.2, 0.25) is 5.88 Å². The minimum atomic E-state index is -0.237. The number of nitrogens with one attached hydrogen (secondary N) is 3. The van der Waals surface area contributed by atoms with Crippen LogP contribution in [-0.2, 0) is 12.8 Å². The Morgan fingerprint density at radius 3 is 3.00 bits per heavy atom. The van der Waals surface area contributed by atoms with E-state index in [4.69, 9.17) is 4.74 Å². The van der Waals surface area contributed by atoms with Gasteiger partial charge in [-0.25, -0.2) is 9.78 Å². The van der Waals surface area contributed by atoms with E-state index in [2.05, 4.69) is 25.8 Å². The van der Waals surface area contributed by atoms with Crippen LogP contribution in [0.4, 0.5) is 10.5 Å². The van der Waals surface area contributed by atoms with Crippen LogP contribution in [0.25, 0.3) is 0 Å². The summed E-state index contributed by atoms with van der Waals surface area (Å²) in [6.07, 6.45) is 6.01. The van der Waals surface area contributed by atoms with Gasteiger partial charge in [0.1, 0.15) is 5.75 Å². The first kappa shape index (κ1) is 16.1. The largest absolute Gasteiger partial charge is 0.439 e. The van der Waals surface area contributed by atoms with E-state index in [0.29, 0.717) is 17.3 Å². The predicted octanol–water partition coefficient (Wildman–Crippen LogP) is 3.28. The summed E-state index contributed by atoms with van der Waals surface area (Å²) in [4.78, 5) is 16.5. The topological polar surface area (TPSA) is 91.9 Å². The van der Waals surface area contributed by atoms with E-state index in [1.165, 1.54) is 11.3 Å². The zero-order chi connectivity index (χ0) is 17.8. The van der Waals surface area contributed by atoms with Gasteiger partial charge in [-0.3, -0.25) is 5.10 Å². The zero-order valence-corrected chi connectivity index (χ0v) is 14.1. The van der Waals surface area contributed by atoms with Gasteiger partial charge < -0.3 is 15.4 Å². The van der Waals surface area contributed by atoms with E-state index in [1.807, 2.05) is 36.5 Å². The number of hydrogen-bond donors (Lipinski definition) is 3. The number of carbonyl (C=O) groups is 1. The molecule has 3 N–H and O–H groups in total. The molecule has 3 aromatic rings. The second kappa shape index (κ2) is 7.26. The number of pyridine rings is 1. The molecule has 1 aliphatic rings. The number of H-pyrrole nitrogens is 1. The highest BCUT2D eigenvalue weighted by atomic mass is 16.5. The molecule has 1 aliphatic carbocycles. The lowest BCUT2D eigenvalue weighted by molar-refractivity contribution is 0.247. The van der Waals surface area contributed by atoms with Crippen molar-refractivity contribution in [2.24, 2.45) is 0 Å². The number of nitrogens with zero attached hydrogens (tertiary/aromatic N) is 2. The normalized spacial score (nSPS) is 15.8. The standard InChI is InChI=1S/C19H19N5O2/c25-19(22-14-6-7-17-13(10-14)12-21-24-17)23-15-8-9-20-18(11-15)26-16-4-2-1-3-5-16/h1-5,8-9,11-12,14H,6-7,10H2,(H,21,24)(H2,20,22,23,25)/t14-/m1/s1. The van der Waals surface area contributed by atoms with Crippen LogP contribution in [0.1, 0.15) is 17.7 Å². The summed E-state index contributed by atoms with van der Waals surface area (Å²) >= 11 is 0. The number of hydrogen-bond acceptors (Lipinski definition) is 4. The predicted molar refractivity (Wildman–Crippen MR) is 97.3 cm³/mol. The summed E-state index contributed by atoms with van der Waals surface area (Å²) in [5, 5.41) is 12.9. The number of urea groups is 1. The second-order valence-electron chi connectivity index (χ2n) is 6.21. The highest BCUT2D eigenvalue weighted by Crippen LogP contribution is 2.22. The number of rotatable bonds is 4. The Bertz CT molecular complexity index is 894. The molecule has 0 bridgehead atoms. The molecule has 0 saturated heterocycles. The quantitative estimate of drug-likeness (QED) is 0.674. The number of ether oxygens (including phenoxy) is 1. The highest BCUT2D eigenvalue weighted by molar-refractivity contribution is 5.89. The van der Waals surface area contributed by atoms with Crippen molar-refractivity contribution < 1.29 is 9.53 Å². The van der Waals surface area contributed by atoms with Gasteiger partial charge in [0, 0.05) is 29.7 Å². The molecule has 0 fully saturated rings. The molecule has 132 valence electrons. The number of para-hydroxylation sites is 1. The monoisotopic (exact) mass is 349 g/mol. The summed E-state index contributed by atoms with van der Waals surface area (Å²) in [6, 6.07) is 12.7. The second-order valence-corrected chi connectivity index (χ2v) is 6.21. The van der Waals surface area contributed by atoms with Gasteiger partial charge in [0.25, 0.3) is 0 Å². The molecule has 2 amide bonds. The molecule has 0 aliphatic heterocycles. The van der Waals surface area contributed by atoms with Gasteiger partial charge in [0.05, 0.1) is 6.20 Å². The van der Waals surface area contributed by atoms with Crippen molar-refractivity contribution >= 4 is 11.7 Å². The minimum absolute atomic E-state index is 0.0991. The van der Waals surface area contributed by atoms with Crippen LogP contribution in [0.5, 0.6) is 11.6 Å². The molecule has 1 aromatic carbocycles. The lowest BCUT2D eigenvalue weighted by Crippen LogP contribution is -2.41. The van der Waals surface area contributed by atoms with E-state index in [0.717, 1.165) is 19.3 Å². The molecule has 0 unspecified atom stereocenters. The van der Waals surface area contributed by atoms with Gasteiger partial charge in [-0.05, 0) is 43.0 Å². The third kappa shape index (κ3) is 3.83. The number of aromatic nitrogens is 3. The number of fused-ring (bicyclic) bond motifs is 1. The van der Waals surface area contributed by atoms with Crippen molar-refractivity contribution in [3.8, 4) is 11.6 Å². The zero-order valence-electron chi connectivity index (χ0n) is 14.1. The van der Waals surface area contributed by atoms with Crippen molar-refractivity contribution in [3.63, 3.8) is 0 Å². The minimum Gasteiger partial charge on any atom is -0.439 e. The molecular weight excluding hydrogens is 330 g/mol. The van der Waals surface area contributed by atoms with Crippen LogP contribution in [0.3, 0.4) is 0 Å². The Kier molecular flexibility index (Phi) is 4.51. The van der Waals surface area contributed by atoms with E-state index >= 15 is 0 Å². The average molecular weight is 349 g/mol. The van der Waals surface area contributed by atoms with Gasteiger partial charge in [-0.2, -0.15) is 5.10 Å². The van der Waals surface area contributed by atoms with Crippen LogP contribution >= 0.6 is 0 Å². The fourth-order valence-electron chi connectivity index (χ4n) is 3.04. The summed E-state index contributed by atoms with van der Waals surface area (Å²) in [5.41, 5.74) is 2.97. The van der Waals surface area contributed by atoms with Crippen molar-refractivity contribution in [2.75, 3.05) is 5.32 Å². The van der Waals surface area contributed by atoms with Crippen molar-refractivity contribution in [3.05, 3.63) is 66.1 Å². The summed E-state index contributed by atoms with van der Waals surface area (Å²) in [5.74, 6) is 1.12. The maximum Gasteiger partial charge on any atom is 0.319 e. The Morgan fingerprint density at radius 1 is 1.23 bits per heavy atom.